The van der Waals surface area contributed by atoms with Crippen molar-refractivity contribution in [3.63, 3.8) is 0 Å². The van der Waals surface area contributed by atoms with Crippen LogP contribution in [0, 0.1) is 0 Å². The van der Waals surface area contributed by atoms with Gasteiger partial charge < -0.3 is 14.6 Å². The van der Waals surface area contributed by atoms with Crippen LogP contribution in [-0.2, 0) is 6.61 Å². The van der Waals surface area contributed by atoms with Gasteiger partial charge in [0.1, 0.15) is 17.2 Å². The Labute approximate surface area is 111 Å². The molecule has 2 aromatic rings. The third-order valence-corrected chi connectivity index (χ3v) is 2.84. The van der Waals surface area contributed by atoms with Crippen molar-refractivity contribution in [1.82, 2.24) is 0 Å². The molecule has 18 heavy (non-hydrogen) atoms. The van der Waals surface area contributed by atoms with Crippen LogP contribution < -0.4 is 9.47 Å². The van der Waals surface area contributed by atoms with Crippen molar-refractivity contribution in [2.75, 3.05) is 7.11 Å². The first-order chi connectivity index (χ1) is 8.72. The van der Waals surface area contributed by atoms with Gasteiger partial charge in [0.2, 0.25) is 0 Å². The van der Waals surface area contributed by atoms with Crippen LogP contribution in [0.2, 0.25) is 5.02 Å². The average molecular weight is 265 g/mol. The van der Waals surface area contributed by atoms with Gasteiger partial charge in [-0.1, -0.05) is 17.7 Å². The molecular formula is C14H13ClO3. The molecule has 0 radical (unpaired) electrons. The molecule has 0 aliphatic heterocycles. The number of rotatable bonds is 4. The van der Waals surface area contributed by atoms with Gasteiger partial charge in [0.25, 0.3) is 0 Å². The van der Waals surface area contributed by atoms with Gasteiger partial charge in [-0.2, -0.15) is 0 Å². The third kappa shape index (κ3) is 2.94. The maximum Gasteiger partial charge on any atom is 0.128 e. The van der Waals surface area contributed by atoms with Crippen molar-refractivity contribution in [1.29, 1.82) is 0 Å². The summed E-state index contributed by atoms with van der Waals surface area (Å²) in [6.45, 7) is -0.0817. The number of halogens is 1. The maximum atomic E-state index is 9.02. The molecule has 0 aliphatic carbocycles. The van der Waals surface area contributed by atoms with E-state index in [1.54, 1.807) is 25.3 Å². The molecule has 94 valence electrons. The van der Waals surface area contributed by atoms with Crippen LogP contribution in [0.3, 0.4) is 0 Å². The zero-order valence-electron chi connectivity index (χ0n) is 9.89. The molecule has 0 fully saturated rings. The monoisotopic (exact) mass is 264 g/mol. The highest BCUT2D eigenvalue weighted by Crippen LogP contribution is 2.27. The highest BCUT2D eigenvalue weighted by Gasteiger charge is 2.03. The first-order valence-electron chi connectivity index (χ1n) is 5.44. The fourth-order valence-corrected chi connectivity index (χ4v) is 1.73. The molecule has 0 heterocycles. The Morgan fingerprint density at radius 1 is 1.00 bits per heavy atom. The number of hydrogen-bond donors (Lipinski definition) is 1. The van der Waals surface area contributed by atoms with Crippen molar-refractivity contribution in [2.45, 2.75) is 6.61 Å². The Morgan fingerprint density at radius 3 is 2.17 bits per heavy atom. The number of ether oxygens (including phenoxy) is 2. The average Bonchev–Trinajstić information content (AvgIpc) is 2.40. The molecule has 4 heteroatoms. The fourth-order valence-electron chi connectivity index (χ4n) is 1.50. The van der Waals surface area contributed by atoms with Crippen LogP contribution >= 0.6 is 11.6 Å². The van der Waals surface area contributed by atoms with Crippen molar-refractivity contribution in [2.24, 2.45) is 0 Å². The molecule has 0 bridgehead atoms. The fraction of sp³-hybridized carbons (Fsp3) is 0.143. The predicted octanol–water partition coefficient (Wildman–Crippen LogP) is 3.63. The molecule has 2 aromatic carbocycles. The molecule has 1 N–H and O–H groups in total. The molecule has 0 aromatic heterocycles. The Bertz CT molecular complexity index is 523. The second-order valence-corrected chi connectivity index (χ2v) is 4.10. The number of benzene rings is 2. The minimum Gasteiger partial charge on any atom is -0.497 e. The lowest BCUT2D eigenvalue weighted by Gasteiger charge is -2.08. The first kappa shape index (κ1) is 12.7. The smallest absolute Gasteiger partial charge is 0.128 e. The molecule has 0 unspecified atom stereocenters. The van der Waals surface area contributed by atoms with Gasteiger partial charge >= 0.3 is 0 Å². The molecule has 0 atom stereocenters. The van der Waals surface area contributed by atoms with Crippen LogP contribution in [0.15, 0.2) is 42.5 Å². The van der Waals surface area contributed by atoms with Crippen LogP contribution in [0.4, 0.5) is 0 Å². The Morgan fingerprint density at radius 2 is 1.61 bits per heavy atom. The van der Waals surface area contributed by atoms with E-state index in [1.165, 1.54) is 0 Å². The van der Waals surface area contributed by atoms with Crippen molar-refractivity contribution >= 4 is 11.6 Å². The highest BCUT2D eigenvalue weighted by molar-refractivity contribution is 6.31. The molecule has 0 saturated carbocycles. The summed E-state index contributed by atoms with van der Waals surface area (Å²) >= 11 is 5.98. The minimum atomic E-state index is -0.0817. The molecule has 2 rings (SSSR count). The quantitative estimate of drug-likeness (QED) is 0.916. The van der Waals surface area contributed by atoms with Gasteiger partial charge in [0, 0.05) is 5.02 Å². The van der Waals surface area contributed by atoms with Gasteiger partial charge in [-0.3, -0.25) is 0 Å². The summed E-state index contributed by atoms with van der Waals surface area (Å²) in [6, 6.07) is 12.4. The lowest BCUT2D eigenvalue weighted by molar-refractivity contribution is 0.282. The lowest BCUT2D eigenvalue weighted by atomic mass is 10.2. The normalized spacial score (nSPS) is 10.2. The van der Waals surface area contributed by atoms with E-state index in [2.05, 4.69) is 0 Å². The van der Waals surface area contributed by atoms with Gasteiger partial charge in [0.15, 0.2) is 0 Å². The molecule has 0 aliphatic rings. The standard InChI is InChI=1S/C14H13ClO3/c1-17-11-4-6-12(7-5-11)18-13-3-2-10(9-16)14(15)8-13/h2-8,16H,9H2,1H3. The molecule has 0 saturated heterocycles. The summed E-state index contributed by atoms with van der Waals surface area (Å²) in [7, 11) is 1.61. The SMILES string of the molecule is COc1ccc(Oc2ccc(CO)c(Cl)c2)cc1. The number of aliphatic hydroxyl groups excluding tert-OH is 1. The number of hydrogen-bond acceptors (Lipinski definition) is 3. The van der Waals surface area contributed by atoms with Gasteiger partial charge in [-0.15, -0.1) is 0 Å². The van der Waals surface area contributed by atoms with Crippen molar-refractivity contribution < 1.29 is 14.6 Å². The van der Waals surface area contributed by atoms with Crippen LogP contribution in [0.1, 0.15) is 5.56 Å². The summed E-state index contributed by atoms with van der Waals surface area (Å²) in [6.07, 6.45) is 0. The minimum absolute atomic E-state index is 0.0817. The van der Waals surface area contributed by atoms with E-state index < -0.39 is 0 Å². The molecule has 0 amide bonds. The summed E-state index contributed by atoms with van der Waals surface area (Å²) in [5, 5.41) is 9.51. The molecule has 0 spiro atoms. The van der Waals surface area contributed by atoms with Crippen LogP contribution in [0.25, 0.3) is 0 Å². The number of aliphatic hydroxyl groups is 1. The topological polar surface area (TPSA) is 38.7 Å². The second kappa shape index (κ2) is 5.76. The summed E-state index contributed by atoms with van der Waals surface area (Å²) in [4.78, 5) is 0. The molecule has 3 nitrogen and oxygen atoms in total. The highest BCUT2D eigenvalue weighted by atomic mass is 35.5. The third-order valence-electron chi connectivity index (χ3n) is 2.49. The Kier molecular flexibility index (Phi) is 4.07. The predicted molar refractivity (Wildman–Crippen MR) is 70.4 cm³/mol. The molecular weight excluding hydrogens is 252 g/mol. The summed E-state index contributed by atoms with van der Waals surface area (Å²) in [5.41, 5.74) is 0.679. The van der Waals surface area contributed by atoms with Gasteiger partial charge in [-0.25, -0.2) is 0 Å². The zero-order valence-corrected chi connectivity index (χ0v) is 10.6. The van der Waals surface area contributed by atoms with E-state index in [9.17, 15) is 0 Å². The van der Waals surface area contributed by atoms with Crippen LogP contribution in [-0.4, -0.2) is 12.2 Å². The van der Waals surface area contributed by atoms with E-state index >= 15 is 0 Å². The van der Waals surface area contributed by atoms with Gasteiger partial charge in [0.05, 0.1) is 13.7 Å². The second-order valence-electron chi connectivity index (χ2n) is 3.69. The van der Waals surface area contributed by atoms with E-state index in [-0.39, 0.29) is 6.61 Å². The zero-order chi connectivity index (χ0) is 13.0. The maximum absolute atomic E-state index is 9.02. The number of methoxy groups -OCH3 is 1. The van der Waals surface area contributed by atoms with Crippen molar-refractivity contribution in [3.8, 4) is 17.2 Å². The van der Waals surface area contributed by atoms with Crippen molar-refractivity contribution in [3.05, 3.63) is 53.1 Å². The summed E-state index contributed by atoms with van der Waals surface area (Å²) in [5.74, 6) is 2.10. The van der Waals surface area contributed by atoms with E-state index in [4.69, 9.17) is 26.2 Å². The van der Waals surface area contributed by atoms with Gasteiger partial charge in [-0.05, 0) is 42.0 Å². The van der Waals surface area contributed by atoms with E-state index in [0.29, 0.717) is 22.1 Å². The largest absolute Gasteiger partial charge is 0.497 e. The first-order valence-corrected chi connectivity index (χ1v) is 5.82. The van der Waals surface area contributed by atoms with Crippen LogP contribution in [0.5, 0.6) is 17.2 Å². The Hall–Kier alpha value is -1.71. The van der Waals surface area contributed by atoms with E-state index in [1.807, 2.05) is 24.3 Å². The van der Waals surface area contributed by atoms with E-state index in [0.717, 1.165) is 5.75 Å². The Balaban J connectivity index is 2.15. The summed E-state index contributed by atoms with van der Waals surface area (Å²) < 4.78 is 10.7. The lowest BCUT2D eigenvalue weighted by Crippen LogP contribution is -1.88.